The molecular weight excluding hydrogens is 398 g/mol. The highest BCUT2D eigenvalue weighted by molar-refractivity contribution is 5.85. The van der Waals surface area contributed by atoms with Crippen molar-refractivity contribution >= 4 is 29.2 Å². The zero-order chi connectivity index (χ0) is 19.8. The lowest BCUT2D eigenvalue weighted by atomic mass is 10.1. The summed E-state index contributed by atoms with van der Waals surface area (Å²) in [5.41, 5.74) is 4.56. The number of hydrogen-bond donors (Lipinski definition) is 0. The minimum Gasteiger partial charge on any atom is -0.497 e. The summed E-state index contributed by atoms with van der Waals surface area (Å²) in [6, 6.07) is 16.6. The third kappa shape index (κ3) is 3.78. The van der Waals surface area contributed by atoms with Crippen LogP contribution in [0.1, 0.15) is 0 Å². The van der Waals surface area contributed by atoms with Crippen molar-refractivity contribution in [3.63, 3.8) is 0 Å². The summed E-state index contributed by atoms with van der Waals surface area (Å²) in [6.07, 6.45) is 2.22. The molecule has 5 rings (SSSR count). The fourth-order valence-electron chi connectivity index (χ4n) is 4.17. The van der Waals surface area contributed by atoms with Crippen molar-refractivity contribution < 1.29 is 4.74 Å². The van der Waals surface area contributed by atoms with Crippen LogP contribution in [0.4, 0.5) is 0 Å². The van der Waals surface area contributed by atoms with Gasteiger partial charge in [-0.15, -0.1) is 12.4 Å². The van der Waals surface area contributed by atoms with Crippen molar-refractivity contribution in [3.8, 4) is 17.0 Å². The molecular formula is C23H28ClN5O. The lowest BCUT2D eigenvalue weighted by Crippen LogP contribution is -2.45. The number of piperazine rings is 1. The molecule has 0 aliphatic carbocycles. The Morgan fingerprint density at radius 2 is 1.67 bits per heavy atom. The number of halogens is 1. The van der Waals surface area contributed by atoms with E-state index in [2.05, 4.69) is 62.3 Å². The lowest BCUT2D eigenvalue weighted by Gasteiger charge is -2.32. The highest BCUT2D eigenvalue weighted by Crippen LogP contribution is 2.28. The Kier molecular flexibility index (Phi) is 5.99. The molecule has 1 aliphatic rings. The summed E-state index contributed by atoms with van der Waals surface area (Å²) in [4.78, 5) is 9.90. The number of para-hydroxylation sites is 2. The van der Waals surface area contributed by atoms with E-state index in [4.69, 9.17) is 9.72 Å². The van der Waals surface area contributed by atoms with Gasteiger partial charge in [0.25, 0.3) is 0 Å². The summed E-state index contributed by atoms with van der Waals surface area (Å²) in [5, 5.41) is 0. The van der Waals surface area contributed by atoms with Crippen LogP contribution in [0.2, 0.25) is 0 Å². The minimum absolute atomic E-state index is 0. The maximum Gasteiger partial charge on any atom is 0.215 e. The number of rotatable bonds is 5. The lowest BCUT2D eigenvalue weighted by molar-refractivity contribution is 0.150. The first-order chi connectivity index (χ1) is 14.2. The van der Waals surface area contributed by atoms with Gasteiger partial charge >= 0.3 is 0 Å². The molecule has 0 atom stereocenters. The van der Waals surface area contributed by atoms with E-state index in [0.29, 0.717) is 0 Å². The number of fused-ring (bicyclic) bond motifs is 3. The van der Waals surface area contributed by atoms with Crippen molar-refractivity contribution in [2.24, 2.45) is 0 Å². The molecule has 0 radical (unpaired) electrons. The standard InChI is InChI=1S/C23H27N5O.ClH/c1-25-11-13-26(14-12-25)15-16-27-22(18-7-9-19(29-2)10-8-18)17-28-21-6-4-3-5-20(21)24-23(27)28;/h3-10,17H,11-16H2,1-2H3;1H. The van der Waals surface area contributed by atoms with Gasteiger partial charge in [-0.3, -0.25) is 9.30 Å². The maximum absolute atomic E-state index is 5.34. The Bertz CT molecular complexity index is 1130. The largest absolute Gasteiger partial charge is 0.497 e. The molecule has 2 aromatic heterocycles. The Balaban J connectivity index is 0.00000218. The van der Waals surface area contributed by atoms with Crippen LogP contribution in [0.3, 0.4) is 0 Å². The second kappa shape index (κ2) is 8.68. The Morgan fingerprint density at radius 1 is 0.933 bits per heavy atom. The van der Waals surface area contributed by atoms with Crippen molar-refractivity contribution in [1.29, 1.82) is 0 Å². The molecule has 0 amide bonds. The van der Waals surface area contributed by atoms with E-state index >= 15 is 0 Å². The van der Waals surface area contributed by atoms with E-state index in [-0.39, 0.29) is 12.4 Å². The van der Waals surface area contributed by atoms with Gasteiger partial charge in [-0.05, 0) is 43.4 Å². The smallest absolute Gasteiger partial charge is 0.215 e. The summed E-state index contributed by atoms with van der Waals surface area (Å²) < 4.78 is 9.92. The van der Waals surface area contributed by atoms with Crippen molar-refractivity contribution in [3.05, 3.63) is 54.7 Å². The number of hydrogen-bond acceptors (Lipinski definition) is 4. The molecule has 0 N–H and O–H groups in total. The SMILES string of the molecule is COc1ccc(-c2cn3c4ccccc4nc3n2CCN2CCN(C)CC2)cc1.Cl. The van der Waals surface area contributed by atoms with Crippen LogP contribution in [-0.4, -0.2) is 70.6 Å². The molecule has 0 bridgehead atoms. The number of ether oxygens (including phenoxy) is 1. The van der Waals surface area contributed by atoms with Crippen LogP contribution in [0.5, 0.6) is 5.75 Å². The van der Waals surface area contributed by atoms with Gasteiger partial charge in [-0.2, -0.15) is 0 Å². The van der Waals surface area contributed by atoms with E-state index in [1.807, 2.05) is 18.2 Å². The van der Waals surface area contributed by atoms with Gasteiger partial charge in [-0.25, -0.2) is 4.98 Å². The topological polar surface area (TPSA) is 37.9 Å². The van der Waals surface area contributed by atoms with Gasteiger partial charge < -0.3 is 14.2 Å². The molecule has 1 fully saturated rings. The zero-order valence-corrected chi connectivity index (χ0v) is 18.3. The quantitative estimate of drug-likeness (QED) is 0.489. The van der Waals surface area contributed by atoms with Crippen LogP contribution in [0.25, 0.3) is 28.1 Å². The summed E-state index contributed by atoms with van der Waals surface area (Å²) in [6.45, 7) is 6.49. The number of methoxy groups -OCH3 is 1. The van der Waals surface area contributed by atoms with Crippen LogP contribution >= 0.6 is 12.4 Å². The molecule has 1 saturated heterocycles. The molecule has 1 aliphatic heterocycles. The highest BCUT2D eigenvalue weighted by Gasteiger charge is 2.18. The minimum atomic E-state index is 0. The highest BCUT2D eigenvalue weighted by atomic mass is 35.5. The number of imidazole rings is 2. The summed E-state index contributed by atoms with van der Waals surface area (Å²) in [7, 11) is 3.90. The number of nitrogens with zero attached hydrogens (tertiary/aromatic N) is 5. The number of likely N-dealkylation sites (N-methyl/N-ethyl adjacent to an activating group) is 1. The van der Waals surface area contributed by atoms with Crippen LogP contribution in [0.15, 0.2) is 54.7 Å². The van der Waals surface area contributed by atoms with E-state index in [1.165, 1.54) is 11.3 Å². The molecule has 3 heterocycles. The molecule has 0 saturated carbocycles. The number of benzene rings is 2. The average Bonchev–Trinajstić information content (AvgIpc) is 3.30. The maximum atomic E-state index is 5.34. The van der Waals surface area contributed by atoms with E-state index in [0.717, 1.165) is 61.8 Å². The van der Waals surface area contributed by atoms with Crippen LogP contribution in [0, 0.1) is 0 Å². The molecule has 6 nitrogen and oxygen atoms in total. The predicted octanol–water partition coefficient (Wildman–Crippen LogP) is 3.63. The average molecular weight is 426 g/mol. The van der Waals surface area contributed by atoms with Crippen LogP contribution < -0.4 is 4.74 Å². The van der Waals surface area contributed by atoms with E-state index < -0.39 is 0 Å². The van der Waals surface area contributed by atoms with Crippen molar-refractivity contribution in [2.75, 3.05) is 46.9 Å². The second-order valence-corrected chi connectivity index (χ2v) is 7.81. The molecule has 2 aromatic carbocycles. The van der Waals surface area contributed by atoms with E-state index in [1.54, 1.807) is 7.11 Å². The van der Waals surface area contributed by atoms with Crippen molar-refractivity contribution in [2.45, 2.75) is 6.54 Å². The third-order valence-corrected chi connectivity index (χ3v) is 5.98. The molecule has 0 unspecified atom stereocenters. The van der Waals surface area contributed by atoms with Gasteiger partial charge in [0.1, 0.15) is 5.75 Å². The normalized spacial score (nSPS) is 15.5. The fourth-order valence-corrected chi connectivity index (χ4v) is 4.17. The monoisotopic (exact) mass is 425 g/mol. The first kappa shape index (κ1) is 20.7. The van der Waals surface area contributed by atoms with Gasteiger partial charge in [0.2, 0.25) is 5.78 Å². The predicted molar refractivity (Wildman–Crippen MR) is 124 cm³/mol. The van der Waals surface area contributed by atoms with Gasteiger partial charge in [0.15, 0.2) is 0 Å². The first-order valence-corrected chi connectivity index (χ1v) is 10.2. The molecule has 30 heavy (non-hydrogen) atoms. The van der Waals surface area contributed by atoms with E-state index in [9.17, 15) is 0 Å². The Morgan fingerprint density at radius 3 is 2.40 bits per heavy atom. The Hall–Kier alpha value is -2.54. The zero-order valence-electron chi connectivity index (χ0n) is 17.5. The molecule has 7 heteroatoms. The number of aromatic nitrogens is 3. The van der Waals surface area contributed by atoms with Crippen LogP contribution in [-0.2, 0) is 6.54 Å². The molecule has 0 spiro atoms. The molecule has 158 valence electrons. The second-order valence-electron chi connectivity index (χ2n) is 7.81. The third-order valence-electron chi connectivity index (χ3n) is 5.98. The Labute approximate surface area is 183 Å². The molecule has 4 aromatic rings. The summed E-state index contributed by atoms with van der Waals surface area (Å²) in [5.74, 6) is 1.88. The van der Waals surface area contributed by atoms with Gasteiger partial charge in [-0.1, -0.05) is 12.1 Å². The summed E-state index contributed by atoms with van der Waals surface area (Å²) >= 11 is 0. The fraction of sp³-hybridized carbons (Fsp3) is 0.348. The van der Waals surface area contributed by atoms with Gasteiger partial charge in [0.05, 0.1) is 23.8 Å². The van der Waals surface area contributed by atoms with Gasteiger partial charge in [0, 0.05) is 51.0 Å². The first-order valence-electron chi connectivity index (χ1n) is 10.2. The van der Waals surface area contributed by atoms with Crippen molar-refractivity contribution in [1.82, 2.24) is 23.8 Å².